The number of amides is 1. The Kier molecular flexibility index (Phi) is 9.66. The fraction of sp³-hybridized carbons (Fsp3) is 0.375. The Morgan fingerprint density at radius 2 is 2.00 bits per heavy atom. The number of alkyl halides is 3. The molecule has 1 aliphatic rings. The van der Waals surface area contributed by atoms with Crippen LogP contribution < -0.4 is 15.6 Å². The van der Waals surface area contributed by atoms with Crippen LogP contribution >= 0.6 is 22.9 Å². The van der Waals surface area contributed by atoms with Crippen molar-refractivity contribution >= 4 is 28.8 Å². The molecule has 1 aliphatic heterocycles. The average molecular weight is 660 g/mol. The molecule has 5 rings (SSSR count). The van der Waals surface area contributed by atoms with Crippen LogP contribution in [0.25, 0.3) is 27.5 Å². The van der Waals surface area contributed by atoms with Crippen LogP contribution in [0.2, 0.25) is 5.02 Å². The second kappa shape index (κ2) is 13.3. The fourth-order valence-electron chi connectivity index (χ4n) is 5.28. The zero-order valence-electron chi connectivity index (χ0n) is 25.2. The highest BCUT2D eigenvalue weighted by Gasteiger charge is 2.32. The number of carbonyl (C=O) groups excluding carboxylic acids is 1. The minimum atomic E-state index is -4.57. The molecule has 1 aromatic carbocycles. The Labute approximate surface area is 267 Å². The first kappa shape index (κ1) is 32.6. The monoisotopic (exact) mass is 659 g/mol. The quantitative estimate of drug-likeness (QED) is 0.226. The predicted octanol–water partition coefficient (Wildman–Crippen LogP) is 6.73. The van der Waals surface area contributed by atoms with Crippen LogP contribution in [0.15, 0.2) is 52.8 Å². The van der Waals surface area contributed by atoms with E-state index in [2.05, 4.69) is 15.3 Å². The number of nitrogens with zero attached hydrogens (tertiary/aromatic N) is 4. The first-order valence-electron chi connectivity index (χ1n) is 14.6. The number of hydrogen-bond donors (Lipinski definition) is 1. The van der Waals surface area contributed by atoms with Gasteiger partial charge in [-0.1, -0.05) is 25.4 Å². The Balaban J connectivity index is 1.72. The van der Waals surface area contributed by atoms with Crippen LogP contribution in [0.5, 0.6) is 5.75 Å². The van der Waals surface area contributed by atoms with Gasteiger partial charge in [-0.15, -0.1) is 11.3 Å². The number of thiazole rings is 1. The van der Waals surface area contributed by atoms with E-state index in [4.69, 9.17) is 16.3 Å². The van der Waals surface area contributed by atoms with Crippen molar-refractivity contribution in [1.82, 2.24) is 24.8 Å². The summed E-state index contributed by atoms with van der Waals surface area (Å²) in [4.78, 5) is 38.6. The van der Waals surface area contributed by atoms with Gasteiger partial charge in [0.05, 0.1) is 34.1 Å². The highest BCUT2D eigenvalue weighted by Crippen LogP contribution is 2.34. The molecule has 8 nitrogen and oxygen atoms in total. The van der Waals surface area contributed by atoms with E-state index in [-0.39, 0.29) is 23.4 Å². The first-order chi connectivity index (χ1) is 21.4. The number of nitrogens with one attached hydrogen (secondary N) is 1. The summed E-state index contributed by atoms with van der Waals surface area (Å²) < 4.78 is 46.4. The number of hydrogen-bond acceptors (Lipinski definition) is 7. The smallest absolute Gasteiger partial charge is 0.433 e. The molecule has 0 unspecified atom stereocenters. The highest BCUT2D eigenvalue weighted by atomic mass is 35.5. The Bertz CT molecular complexity index is 1750. The number of ether oxygens (including phenoxy) is 1. The Morgan fingerprint density at radius 1 is 1.22 bits per heavy atom. The molecule has 45 heavy (non-hydrogen) atoms. The summed E-state index contributed by atoms with van der Waals surface area (Å²) >= 11 is 7.87. The van der Waals surface area contributed by atoms with E-state index in [9.17, 15) is 22.8 Å². The van der Waals surface area contributed by atoms with Gasteiger partial charge in [-0.05, 0) is 56.5 Å². The lowest BCUT2D eigenvalue weighted by molar-refractivity contribution is -0.141. The molecule has 0 aliphatic carbocycles. The molecular formula is C32H33ClF3N5O3S. The van der Waals surface area contributed by atoms with Crippen LogP contribution in [0.1, 0.15) is 49.4 Å². The fourth-order valence-corrected chi connectivity index (χ4v) is 6.32. The lowest BCUT2D eigenvalue weighted by Crippen LogP contribution is -2.51. The van der Waals surface area contributed by atoms with Gasteiger partial charge in [0.1, 0.15) is 16.5 Å². The van der Waals surface area contributed by atoms with E-state index in [0.29, 0.717) is 76.6 Å². The molecule has 1 atom stereocenters. The summed E-state index contributed by atoms with van der Waals surface area (Å²) in [6, 6.07) is 8.92. The maximum absolute atomic E-state index is 14.5. The summed E-state index contributed by atoms with van der Waals surface area (Å²) in [6.07, 6.45) is -3.06. The van der Waals surface area contributed by atoms with E-state index in [1.807, 2.05) is 27.7 Å². The second-order valence-electron chi connectivity index (χ2n) is 11.3. The number of pyridine rings is 2. The zero-order chi connectivity index (χ0) is 32.5. The lowest BCUT2D eigenvalue weighted by Gasteiger charge is -2.33. The number of aromatic nitrogens is 3. The molecule has 1 amide bonds. The predicted molar refractivity (Wildman–Crippen MR) is 169 cm³/mol. The molecule has 0 bridgehead atoms. The van der Waals surface area contributed by atoms with Crippen LogP contribution in [0, 0.1) is 5.92 Å². The number of rotatable bonds is 8. The van der Waals surface area contributed by atoms with E-state index < -0.39 is 17.4 Å². The standard InChI is InChI=1S/C32H33ClF3N5O3S/c1-5-44-21-7-8-24(33)27(13-21)41-26(12-18(2)3)22(30(42)40-11-10-37-19(4)16-40)14-23(31(41)43)29-39-25(17-45-29)20-6-9-28(38-15-20)32(34,35)36/h6-9,13-15,17-19,37H,5,10-12,16H2,1-4H3/t19-/m0/s1. The van der Waals surface area contributed by atoms with E-state index in [1.54, 1.807) is 34.5 Å². The van der Waals surface area contributed by atoms with Crippen molar-refractivity contribution in [3.05, 3.63) is 80.3 Å². The second-order valence-corrected chi connectivity index (χ2v) is 12.5. The van der Waals surface area contributed by atoms with Gasteiger partial charge < -0.3 is 15.0 Å². The number of piperazine rings is 1. The largest absolute Gasteiger partial charge is 0.494 e. The molecule has 4 aromatic rings. The van der Waals surface area contributed by atoms with Crippen LogP contribution in [-0.2, 0) is 12.6 Å². The first-order valence-corrected chi connectivity index (χ1v) is 15.9. The molecule has 3 aromatic heterocycles. The summed E-state index contributed by atoms with van der Waals surface area (Å²) in [5, 5.41) is 5.60. The van der Waals surface area contributed by atoms with Crippen LogP contribution in [0.4, 0.5) is 13.2 Å². The molecule has 1 fully saturated rings. The van der Waals surface area contributed by atoms with Crippen LogP contribution in [0.3, 0.4) is 0 Å². The van der Waals surface area contributed by atoms with Crippen molar-refractivity contribution in [3.8, 4) is 33.3 Å². The van der Waals surface area contributed by atoms with E-state index in [0.717, 1.165) is 23.6 Å². The molecule has 238 valence electrons. The zero-order valence-corrected chi connectivity index (χ0v) is 26.8. The van der Waals surface area contributed by atoms with Crippen molar-refractivity contribution in [2.45, 2.75) is 46.3 Å². The average Bonchev–Trinajstić information content (AvgIpc) is 3.48. The molecule has 1 N–H and O–H groups in total. The van der Waals surface area contributed by atoms with Crippen molar-refractivity contribution < 1.29 is 22.7 Å². The third-order valence-corrected chi connectivity index (χ3v) is 8.54. The molecule has 0 radical (unpaired) electrons. The maximum Gasteiger partial charge on any atom is 0.433 e. The van der Waals surface area contributed by atoms with E-state index in [1.165, 1.54) is 10.6 Å². The van der Waals surface area contributed by atoms with Crippen molar-refractivity contribution in [2.24, 2.45) is 5.92 Å². The molecule has 4 heterocycles. The normalized spacial score (nSPS) is 15.5. The molecular weight excluding hydrogens is 627 g/mol. The maximum atomic E-state index is 14.5. The third-order valence-electron chi connectivity index (χ3n) is 7.34. The Morgan fingerprint density at radius 3 is 2.64 bits per heavy atom. The Hall–Kier alpha value is -3.74. The van der Waals surface area contributed by atoms with Crippen molar-refractivity contribution in [2.75, 3.05) is 26.2 Å². The molecule has 0 saturated carbocycles. The third kappa shape index (κ3) is 7.08. The van der Waals surface area contributed by atoms with Gasteiger partial charge in [0.15, 0.2) is 0 Å². The van der Waals surface area contributed by atoms with Crippen molar-refractivity contribution in [3.63, 3.8) is 0 Å². The summed E-state index contributed by atoms with van der Waals surface area (Å²) in [6.45, 7) is 9.91. The lowest BCUT2D eigenvalue weighted by atomic mass is 9.99. The van der Waals surface area contributed by atoms with Gasteiger partial charge in [-0.2, -0.15) is 13.2 Å². The number of benzene rings is 1. The van der Waals surface area contributed by atoms with Gasteiger partial charge in [0.2, 0.25) is 0 Å². The minimum absolute atomic E-state index is 0.0856. The van der Waals surface area contributed by atoms with Gasteiger partial charge in [0, 0.05) is 54.6 Å². The minimum Gasteiger partial charge on any atom is -0.494 e. The molecule has 13 heteroatoms. The van der Waals surface area contributed by atoms with Gasteiger partial charge >= 0.3 is 6.18 Å². The van der Waals surface area contributed by atoms with Gasteiger partial charge in [-0.3, -0.25) is 19.1 Å². The van der Waals surface area contributed by atoms with Crippen LogP contribution in [-0.4, -0.2) is 57.6 Å². The summed E-state index contributed by atoms with van der Waals surface area (Å²) in [5.74, 6) is 0.386. The molecule has 1 saturated heterocycles. The van der Waals surface area contributed by atoms with E-state index >= 15 is 0 Å². The summed E-state index contributed by atoms with van der Waals surface area (Å²) in [5.41, 5.74) is 0.696. The topological polar surface area (TPSA) is 89.3 Å². The SMILES string of the molecule is CCOc1ccc(Cl)c(-n2c(CC(C)C)c(C(=O)N3CCN[C@@H](C)C3)cc(-c3nc(-c4ccc(C(F)(F)F)nc4)cs3)c2=O)c1. The summed E-state index contributed by atoms with van der Waals surface area (Å²) in [7, 11) is 0. The number of halogens is 4. The van der Waals surface area contributed by atoms with Gasteiger partial charge in [-0.25, -0.2) is 4.98 Å². The van der Waals surface area contributed by atoms with Crippen molar-refractivity contribution in [1.29, 1.82) is 0 Å². The number of carbonyl (C=O) groups is 1. The molecule has 0 spiro atoms. The highest BCUT2D eigenvalue weighted by molar-refractivity contribution is 7.13. The van der Waals surface area contributed by atoms with Gasteiger partial charge in [0.25, 0.3) is 11.5 Å².